The van der Waals surface area contributed by atoms with Gasteiger partial charge in [0.25, 0.3) is 0 Å². The van der Waals surface area contributed by atoms with E-state index < -0.39 is 51.5 Å². The number of hydrogen-bond donors (Lipinski definition) is 2. The lowest BCUT2D eigenvalue weighted by atomic mass is 9.94. The molecule has 0 bridgehead atoms. The zero-order valence-electron chi connectivity index (χ0n) is 12.0. The van der Waals surface area contributed by atoms with Crippen LogP contribution in [0.1, 0.15) is 16.7 Å². The lowest BCUT2D eigenvalue weighted by Gasteiger charge is -2.16. The number of nitrogen functional groups attached to an aromatic ring is 2. The maximum atomic E-state index is 14.3. The molecule has 0 aliphatic heterocycles. The van der Waals surface area contributed by atoms with E-state index in [1.807, 2.05) is 0 Å². The number of anilines is 2. The van der Waals surface area contributed by atoms with Crippen LogP contribution in [0.15, 0.2) is 0 Å². The highest BCUT2D eigenvalue weighted by Crippen LogP contribution is 2.39. The van der Waals surface area contributed by atoms with Crippen LogP contribution in [0.4, 0.5) is 33.3 Å². The zero-order valence-corrected chi connectivity index (χ0v) is 12.0. The monoisotopic (exact) mass is 316 g/mol. The van der Waals surface area contributed by atoms with E-state index >= 15 is 0 Å². The summed E-state index contributed by atoms with van der Waals surface area (Å²) in [6.45, 7) is 3.55. The molecule has 22 heavy (non-hydrogen) atoms. The van der Waals surface area contributed by atoms with Crippen molar-refractivity contribution < 1.29 is 22.0 Å². The average Bonchev–Trinajstić information content (AvgIpc) is 2.50. The predicted octanol–water partition coefficient (Wildman–Crippen LogP) is 4.14. The molecule has 0 heterocycles. The van der Waals surface area contributed by atoms with E-state index in [2.05, 4.69) is 0 Å². The van der Waals surface area contributed by atoms with E-state index in [4.69, 9.17) is 11.5 Å². The highest BCUT2D eigenvalue weighted by atomic mass is 19.2. The van der Waals surface area contributed by atoms with E-state index in [1.165, 1.54) is 13.8 Å². The first-order chi connectivity index (χ1) is 10.1. The largest absolute Gasteiger partial charge is 0.398 e. The summed E-state index contributed by atoms with van der Waals surface area (Å²) in [7, 11) is 0. The smallest absolute Gasteiger partial charge is 0.182 e. The van der Waals surface area contributed by atoms with Crippen molar-refractivity contribution in [2.75, 3.05) is 11.5 Å². The summed E-state index contributed by atoms with van der Waals surface area (Å²) in [5.74, 6) is -7.12. The van der Waals surface area contributed by atoms with Gasteiger partial charge in [0, 0.05) is 22.4 Å². The molecule has 2 aromatic carbocycles. The number of hydrogen-bond acceptors (Lipinski definition) is 2. The van der Waals surface area contributed by atoms with Crippen molar-refractivity contribution in [1.29, 1.82) is 0 Å². The fraction of sp³-hybridized carbons (Fsp3) is 0.200. The van der Waals surface area contributed by atoms with E-state index in [9.17, 15) is 22.0 Å². The van der Waals surface area contributed by atoms with E-state index in [-0.39, 0.29) is 16.8 Å². The van der Waals surface area contributed by atoms with Crippen LogP contribution in [0.3, 0.4) is 0 Å². The van der Waals surface area contributed by atoms with Gasteiger partial charge in [-0.25, -0.2) is 22.0 Å². The van der Waals surface area contributed by atoms with Crippen LogP contribution in [0, 0.1) is 49.9 Å². The second-order valence-electron chi connectivity index (χ2n) is 5.02. The summed E-state index contributed by atoms with van der Waals surface area (Å²) in [5, 5.41) is 0. The molecule has 0 aliphatic rings. The summed E-state index contributed by atoms with van der Waals surface area (Å²) >= 11 is 0. The van der Waals surface area contributed by atoms with Crippen LogP contribution >= 0.6 is 0 Å². The summed E-state index contributed by atoms with van der Waals surface area (Å²) < 4.78 is 70.7. The Balaban J connectivity index is 3.03. The Hall–Kier alpha value is -2.31. The molecule has 0 aromatic heterocycles. The highest BCUT2D eigenvalue weighted by Gasteiger charge is 2.29. The second kappa shape index (κ2) is 5.15. The summed E-state index contributed by atoms with van der Waals surface area (Å²) in [5.41, 5.74) is 6.92. The first-order valence-corrected chi connectivity index (χ1v) is 6.27. The average molecular weight is 316 g/mol. The van der Waals surface area contributed by atoms with Gasteiger partial charge in [-0.05, 0) is 20.8 Å². The van der Waals surface area contributed by atoms with Crippen LogP contribution in [0.2, 0.25) is 0 Å². The Kier molecular flexibility index (Phi) is 3.76. The quantitative estimate of drug-likeness (QED) is 0.472. The van der Waals surface area contributed by atoms with Gasteiger partial charge in [0.2, 0.25) is 0 Å². The molecule has 7 heteroatoms. The summed E-state index contributed by atoms with van der Waals surface area (Å²) in [6.07, 6.45) is 0. The van der Waals surface area contributed by atoms with Crippen molar-refractivity contribution in [1.82, 2.24) is 0 Å². The van der Waals surface area contributed by atoms with Gasteiger partial charge in [0.15, 0.2) is 11.6 Å². The molecule has 4 N–H and O–H groups in total. The molecule has 0 saturated carbocycles. The van der Waals surface area contributed by atoms with E-state index in [0.29, 0.717) is 0 Å². The van der Waals surface area contributed by atoms with Gasteiger partial charge in [-0.3, -0.25) is 0 Å². The lowest BCUT2D eigenvalue weighted by molar-refractivity contribution is 0.496. The Morgan fingerprint density at radius 1 is 0.500 bits per heavy atom. The molecule has 0 amide bonds. The van der Waals surface area contributed by atoms with Crippen molar-refractivity contribution in [3.05, 3.63) is 45.8 Å². The van der Waals surface area contributed by atoms with Crippen LogP contribution in [0.5, 0.6) is 0 Å². The molecular formula is C15H13F5N2. The molecule has 0 saturated heterocycles. The molecule has 0 spiro atoms. The number of rotatable bonds is 1. The third-order valence-electron chi connectivity index (χ3n) is 3.76. The lowest BCUT2D eigenvalue weighted by Crippen LogP contribution is -2.09. The molecule has 0 fully saturated rings. The van der Waals surface area contributed by atoms with Crippen LogP contribution in [-0.4, -0.2) is 0 Å². The minimum absolute atomic E-state index is 0.174. The number of nitrogens with two attached hydrogens (primary N) is 2. The third kappa shape index (κ3) is 2.00. The van der Waals surface area contributed by atoms with E-state index in [1.54, 1.807) is 0 Å². The Labute approximate surface area is 123 Å². The van der Waals surface area contributed by atoms with Gasteiger partial charge >= 0.3 is 0 Å². The Bertz CT molecular complexity index is 674. The normalized spacial score (nSPS) is 11.1. The standard InChI is InChI=1S/C15H13F5N2/c1-4-9(16)7(10(17)5(2)14(4)21)8-11(18)6(3)15(22)13(20)12(8)19/h21-22H2,1-3H3. The van der Waals surface area contributed by atoms with Gasteiger partial charge in [-0.15, -0.1) is 0 Å². The predicted molar refractivity (Wildman–Crippen MR) is 74.7 cm³/mol. The van der Waals surface area contributed by atoms with Crippen LogP contribution in [-0.2, 0) is 0 Å². The van der Waals surface area contributed by atoms with Crippen molar-refractivity contribution in [2.24, 2.45) is 0 Å². The topological polar surface area (TPSA) is 52.0 Å². The van der Waals surface area contributed by atoms with E-state index in [0.717, 1.165) is 6.92 Å². The van der Waals surface area contributed by atoms with Gasteiger partial charge in [-0.1, -0.05) is 0 Å². The molecule has 0 atom stereocenters. The van der Waals surface area contributed by atoms with Gasteiger partial charge < -0.3 is 11.5 Å². The highest BCUT2D eigenvalue weighted by molar-refractivity contribution is 5.75. The molecule has 0 unspecified atom stereocenters. The van der Waals surface area contributed by atoms with Crippen LogP contribution < -0.4 is 11.5 Å². The molecule has 118 valence electrons. The second-order valence-corrected chi connectivity index (χ2v) is 5.02. The maximum absolute atomic E-state index is 14.3. The maximum Gasteiger partial charge on any atom is 0.182 e. The Morgan fingerprint density at radius 3 is 1.23 bits per heavy atom. The fourth-order valence-electron chi connectivity index (χ4n) is 2.22. The number of benzene rings is 2. The Morgan fingerprint density at radius 2 is 0.818 bits per heavy atom. The molecular weight excluding hydrogens is 303 g/mol. The zero-order chi connectivity index (χ0) is 16.9. The SMILES string of the molecule is Cc1c(N)c(C)c(F)c(-c2c(F)c(C)c(N)c(F)c2F)c1F. The molecule has 2 nitrogen and oxygen atoms in total. The van der Waals surface area contributed by atoms with Crippen molar-refractivity contribution in [3.8, 4) is 11.1 Å². The minimum Gasteiger partial charge on any atom is -0.398 e. The number of halogens is 5. The molecule has 2 rings (SSSR count). The first-order valence-electron chi connectivity index (χ1n) is 6.27. The van der Waals surface area contributed by atoms with Gasteiger partial charge in [0.05, 0.1) is 16.8 Å². The van der Waals surface area contributed by atoms with Crippen molar-refractivity contribution >= 4 is 11.4 Å². The first kappa shape index (κ1) is 16.1. The van der Waals surface area contributed by atoms with Gasteiger partial charge in [0.1, 0.15) is 17.5 Å². The molecule has 2 aromatic rings. The van der Waals surface area contributed by atoms with Crippen molar-refractivity contribution in [2.45, 2.75) is 20.8 Å². The summed E-state index contributed by atoms with van der Waals surface area (Å²) in [6, 6.07) is 0. The molecule has 0 radical (unpaired) electrons. The minimum atomic E-state index is -1.75. The summed E-state index contributed by atoms with van der Waals surface area (Å²) in [4.78, 5) is 0. The van der Waals surface area contributed by atoms with Gasteiger partial charge in [-0.2, -0.15) is 0 Å². The third-order valence-corrected chi connectivity index (χ3v) is 3.76. The van der Waals surface area contributed by atoms with Crippen molar-refractivity contribution in [3.63, 3.8) is 0 Å². The fourth-order valence-corrected chi connectivity index (χ4v) is 2.22. The van der Waals surface area contributed by atoms with Crippen LogP contribution in [0.25, 0.3) is 11.1 Å². The molecule has 0 aliphatic carbocycles.